The molecule has 4 rings (SSSR count). The Kier molecular flexibility index (Phi) is 5.01. The first-order chi connectivity index (χ1) is 13.1. The van der Waals surface area contributed by atoms with E-state index in [1.165, 1.54) is 0 Å². The van der Waals surface area contributed by atoms with Crippen LogP contribution in [0.2, 0.25) is 0 Å². The van der Waals surface area contributed by atoms with Crippen LogP contribution in [0.15, 0.2) is 36.4 Å². The van der Waals surface area contributed by atoms with Crippen LogP contribution in [-0.4, -0.2) is 49.2 Å². The topological polar surface area (TPSA) is 68.2 Å². The highest BCUT2D eigenvalue weighted by Crippen LogP contribution is 2.38. The maximum Gasteiger partial charge on any atom is 0.170 e. The Hall–Kier alpha value is -2.57. The zero-order chi connectivity index (χ0) is 18.8. The number of aromatic hydroxyl groups is 1. The van der Waals surface area contributed by atoms with Crippen molar-refractivity contribution in [2.45, 2.75) is 19.1 Å². The van der Waals surface area contributed by atoms with Crippen LogP contribution in [0.5, 0.6) is 17.2 Å². The van der Waals surface area contributed by atoms with Gasteiger partial charge in [0.2, 0.25) is 0 Å². The lowest BCUT2D eigenvalue weighted by Gasteiger charge is -2.28. The summed E-state index contributed by atoms with van der Waals surface area (Å²) in [6.45, 7) is 3.85. The Bertz CT molecular complexity index is 844. The fraction of sp³-hybridized carbons (Fsp3) is 0.381. The molecule has 0 saturated carbocycles. The summed E-state index contributed by atoms with van der Waals surface area (Å²) >= 11 is 0. The van der Waals surface area contributed by atoms with Crippen LogP contribution < -0.4 is 9.47 Å². The number of carbonyl (C=O) groups excluding carboxylic acids is 1. The number of phenols is 1. The Morgan fingerprint density at radius 2 is 2.00 bits per heavy atom. The molecule has 2 heterocycles. The summed E-state index contributed by atoms with van der Waals surface area (Å²) < 4.78 is 16.6. The molecule has 2 aliphatic rings. The molecule has 6 heteroatoms. The molecule has 1 fully saturated rings. The fourth-order valence-corrected chi connectivity index (χ4v) is 3.53. The highest BCUT2D eigenvalue weighted by Gasteiger charge is 2.28. The summed E-state index contributed by atoms with van der Waals surface area (Å²) in [6, 6.07) is 10.8. The van der Waals surface area contributed by atoms with Crippen molar-refractivity contribution in [3.8, 4) is 17.2 Å². The van der Waals surface area contributed by atoms with Gasteiger partial charge in [0.25, 0.3) is 0 Å². The smallest absolute Gasteiger partial charge is 0.170 e. The quantitative estimate of drug-likeness (QED) is 0.894. The third-order valence-electron chi connectivity index (χ3n) is 5.11. The summed E-state index contributed by atoms with van der Waals surface area (Å²) in [6.07, 6.45) is -0.165. The first kappa shape index (κ1) is 17.8. The van der Waals surface area contributed by atoms with Gasteiger partial charge in [0.1, 0.15) is 23.4 Å². The van der Waals surface area contributed by atoms with Gasteiger partial charge in [0, 0.05) is 31.3 Å². The minimum atomic E-state index is -0.416. The standard InChI is InChI=1S/C21H23NO5/c1-25-16-4-5-17-19(24)12-20(27-21(17)11-16)14-2-3-15(18(23)10-14)13-22-6-8-26-9-7-22/h2-5,10-11,20,23H,6-9,12-13H2,1H3. The third kappa shape index (κ3) is 3.77. The number of rotatable bonds is 4. The number of carbonyl (C=O) groups is 1. The van der Waals surface area contributed by atoms with Crippen LogP contribution in [0.1, 0.15) is 34.0 Å². The van der Waals surface area contributed by atoms with E-state index in [0.29, 0.717) is 23.6 Å². The van der Waals surface area contributed by atoms with Crippen molar-refractivity contribution in [2.75, 3.05) is 33.4 Å². The summed E-state index contributed by atoms with van der Waals surface area (Å²) in [5.74, 6) is 1.42. The van der Waals surface area contributed by atoms with Crippen molar-refractivity contribution in [1.82, 2.24) is 4.90 Å². The van der Waals surface area contributed by atoms with Crippen molar-refractivity contribution >= 4 is 5.78 Å². The van der Waals surface area contributed by atoms with Gasteiger partial charge < -0.3 is 19.3 Å². The van der Waals surface area contributed by atoms with Gasteiger partial charge in [-0.25, -0.2) is 0 Å². The second kappa shape index (κ2) is 7.58. The van der Waals surface area contributed by atoms with Crippen molar-refractivity contribution in [3.05, 3.63) is 53.1 Å². The van der Waals surface area contributed by atoms with Gasteiger partial charge in [-0.1, -0.05) is 12.1 Å². The zero-order valence-electron chi connectivity index (χ0n) is 15.3. The summed E-state index contributed by atoms with van der Waals surface area (Å²) in [5, 5.41) is 10.5. The maximum atomic E-state index is 12.5. The van der Waals surface area contributed by atoms with Crippen LogP contribution in [0, 0.1) is 0 Å². The Labute approximate surface area is 158 Å². The molecule has 1 N–H and O–H groups in total. The molecule has 1 atom stereocenters. The first-order valence-corrected chi connectivity index (χ1v) is 9.14. The summed E-state index contributed by atoms with van der Waals surface area (Å²) in [4.78, 5) is 14.7. The molecule has 0 radical (unpaired) electrons. The SMILES string of the molecule is COc1ccc2c(c1)OC(c1ccc(CN3CCOCC3)c(O)c1)CC2=O. The molecule has 1 saturated heterocycles. The molecular formula is C21H23NO5. The van der Waals surface area contributed by atoms with Gasteiger partial charge in [-0.15, -0.1) is 0 Å². The second-order valence-electron chi connectivity index (χ2n) is 6.87. The predicted molar refractivity (Wildman–Crippen MR) is 99.5 cm³/mol. The average Bonchev–Trinajstić information content (AvgIpc) is 2.69. The molecule has 0 aliphatic carbocycles. The maximum absolute atomic E-state index is 12.5. The molecule has 6 nitrogen and oxygen atoms in total. The van der Waals surface area contributed by atoms with Crippen LogP contribution >= 0.6 is 0 Å². The van der Waals surface area contributed by atoms with Crippen molar-refractivity contribution in [2.24, 2.45) is 0 Å². The minimum Gasteiger partial charge on any atom is -0.508 e. The number of phenolic OH excluding ortho intramolecular Hbond substituents is 1. The lowest BCUT2D eigenvalue weighted by atomic mass is 9.95. The lowest BCUT2D eigenvalue weighted by molar-refractivity contribution is 0.0339. The highest BCUT2D eigenvalue weighted by atomic mass is 16.5. The van der Waals surface area contributed by atoms with Gasteiger partial charge in [-0.3, -0.25) is 9.69 Å². The molecule has 27 heavy (non-hydrogen) atoms. The van der Waals surface area contributed by atoms with Crippen LogP contribution in [0.3, 0.4) is 0 Å². The molecule has 1 unspecified atom stereocenters. The molecule has 0 aromatic heterocycles. The number of ether oxygens (including phenoxy) is 3. The highest BCUT2D eigenvalue weighted by molar-refractivity contribution is 6.00. The minimum absolute atomic E-state index is 0.0285. The number of ketones is 1. The summed E-state index contributed by atoms with van der Waals surface area (Å²) in [7, 11) is 1.58. The van der Waals surface area contributed by atoms with E-state index >= 15 is 0 Å². The van der Waals surface area contributed by atoms with E-state index in [2.05, 4.69) is 4.90 Å². The molecule has 0 spiro atoms. The van der Waals surface area contributed by atoms with Gasteiger partial charge >= 0.3 is 0 Å². The number of Topliss-reactive ketones (excluding diaryl/α,β-unsaturated/α-hetero) is 1. The Morgan fingerprint density at radius 3 is 2.74 bits per heavy atom. The number of fused-ring (bicyclic) bond motifs is 1. The van der Waals surface area contributed by atoms with E-state index < -0.39 is 6.10 Å². The average molecular weight is 369 g/mol. The lowest BCUT2D eigenvalue weighted by Crippen LogP contribution is -2.35. The van der Waals surface area contributed by atoms with Gasteiger partial charge in [-0.2, -0.15) is 0 Å². The molecular weight excluding hydrogens is 346 g/mol. The van der Waals surface area contributed by atoms with E-state index in [1.807, 2.05) is 12.1 Å². The number of benzene rings is 2. The van der Waals surface area contributed by atoms with Crippen molar-refractivity contribution in [1.29, 1.82) is 0 Å². The normalized spacial score (nSPS) is 20.0. The van der Waals surface area contributed by atoms with Crippen LogP contribution in [0.25, 0.3) is 0 Å². The van der Waals surface area contributed by atoms with Crippen molar-refractivity contribution in [3.63, 3.8) is 0 Å². The monoisotopic (exact) mass is 369 g/mol. The van der Waals surface area contributed by atoms with E-state index in [9.17, 15) is 9.90 Å². The van der Waals surface area contributed by atoms with Crippen LogP contribution in [0.4, 0.5) is 0 Å². The number of methoxy groups -OCH3 is 1. The van der Waals surface area contributed by atoms with E-state index in [4.69, 9.17) is 14.2 Å². The van der Waals surface area contributed by atoms with E-state index in [1.54, 1.807) is 31.4 Å². The number of nitrogens with zero attached hydrogens (tertiary/aromatic N) is 1. The molecule has 2 aliphatic heterocycles. The first-order valence-electron chi connectivity index (χ1n) is 9.14. The van der Waals surface area contributed by atoms with E-state index in [-0.39, 0.29) is 18.0 Å². The molecule has 2 aromatic carbocycles. The van der Waals surface area contributed by atoms with Gasteiger partial charge in [0.05, 0.1) is 32.3 Å². The van der Waals surface area contributed by atoms with Gasteiger partial charge in [-0.05, 0) is 23.8 Å². The molecule has 0 bridgehead atoms. The van der Waals surface area contributed by atoms with E-state index in [0.717, 1.165) is 37.4 Å². The molecule has 142 valence electrons. The molecule has 0 amide bonds. The van der Waals surface area contributed by atoms with Crippen molar-refractivity contribution < 1.29 is 24.1 Å². The molecule has 2 aromatic rings. The fourth-order valence-electron chi connectivity index (χ4n) is 3.53. The third-order valence-corrected chi connectivity index (χ3v) is 5.11. The predicted octanol–water partition coefficient (Wildman–Crippen LogP) is 2.94. The number of morpholine rings is 1. The number of hydrogen-bond donors (Lipinski definition) is 1. The largest absolute Gasteiger partial charge is 0.508 e. The second-order valence-corrected chi connectivity index (χ2v) is 6.87. The van der Waals surface area contributed by atoms with Crippen LogP contribution in [-0.2, 0) is 11.3 Å². The number of hydrogen-bond acceptors (Lipinski definition) is 6. The Morgan fingerprint density at radius 1 is 1.19 bits per heavy atom. The zero-order valence-corrected chi connectivity index (χ0v) is 15.3. The summed E-state index contributed by atoms with van der Waals surface area (Å²) in [5.41, 5.74) is 2.23. The van der Waals surface area contributed by atoms with Gasteiger partial charge in [0.15, 0.2) is 5.78 Å². The Balaban J connectivity index is 1.53.